The largest absolute Gasteiger partial charge is 0.250 e. The molecule has 0 spiro atoms. The molecule has 1 aromatic rings. The van der Waals surface area contributed by atoms with Gasteiger partial charge in [-0.1, -0.05) is 13.0 Å². The van der Waals surface area contributed by atoms with Gasteiger partial charge in [-0.15, -0.1) is 0 Å². The summed E-state index contributed by atoms with van der Waals surface area (Å²) in [5.74, 6) is 0.671. The molecule has 0 bridgehead atoms. The molecule has 3 heteroatoms. The van der Waals surface area contributed by atoms with Gasteiger partial charge in [-0.2, -0.15) is 5.26 Å². The fourth-order valence-corrected chi connectivity index (χ4v) is 1.42. The Labute approximate surface area is 85.3 Å². The molecular formula is C10H8BrFN. The zero-order valence-corrected chi connectivity index (χ0v) is 8.73. The van der Waals surface area contributed by atoms with Crippen LogP contribution in [0.15, 0.2) is 22.7 Å². The van der Waals surface area contributed by atoms with Crippen molar-refractivity contribution in [2.75, 3.05) is 6.67 Å². The van der Waals surface area contributed by atoms with Crippen LogP contribution >= 0.6 is 15.9 Å². The van der Waals surface area contributed by atoms with Gasteiger partial charge in [0, 0.05) is 10.4 Å². The van der Waals surface area contributed by atoms with E-state index in [-0.39, 0.29) is 0 Å². The molecule has 67 valence electrons. The predicted molar refractivity (Wildman–Crippen MR) is 52.9 cm³/mol. The number of rotatable bonds is 2. The van der Waals surface area contributed by atoms with Gasteiger partial charge in [-0.05, 0) is 33.6 Å². The van der Waals surface area contributed by atoms with Gasteiger partial charge in [0.2, 0.25) is 0 Å². The minimum atomic E-state index is -0.460. The molecule has 0 aliphatic carbocycles. The molecule has 1 aromatic carbocycles. The van der Waals surface area contributed by atoms with Crippen LogP contribution in [-0.2, 0) is 0 Å². The summed E-state index contributed by atoms with van der Waals surface area (Å²) in [6, 6.07) is 7.21. The fraction of sp³-hybridized carbons (Fsp3) is 0.200. The third kappa shape index (κ3) is 2.28. The van der Waals surface area contributed by atoms with Crippen LogP contribution in [0.25, 0.3) is 0 Å². The molecule has 0 atom stereocenters. The number of hydrogen-bond acceptors (Lipinski definition) is 1. The average Bonchev–Trinajstić information content (AvgIpc) is 2.16. The Morgan fingerprint density at radius 3 is 2.77 bits per heavy atom. The molecule has 0 unspecified atom stereocenters. The molecular weight excluding hydrogens is 233 g/mol. The summed E-state index contributed by atoms with van der Waals surface area (Å²) in [7, 11) is 0. The van der Waals surface area contributed by atoms with E-state index in [1.807, 2.05) is 6.07 Å². The first kappa shape index (κ1) is 10.2. The summed E-state index contributed by atoms with van der Waals surface area (Å²) in [4.78, 5) is 0. The molecule has 0 amide bonds. The van der Waals surface area contributed by atoms with Crippen LogP contribution in [-0.4, -0.2) is 6.67 Å². The minimum absolute atomic E-state index is 0.460. The molecule has 13 heavy (non-hydrogen) atoms. The summed E-state index contributed by atoms with van der Waals surface area (Å²) in [6.45, 7) is 1.27. The van der Waals surface area contributed by atoms with Gasteiger partial charge in [0.05, 0.1) is 12.2 Å². The molecule has 1 radical (unpaired) electrons. The second-order valence-corrected chi connectivity index (χ2v) is 3.57. The molecule has 0 heterocycles. The molecule has 0 N–H and O–H groups in total. The van der Waals surface area contributed by atoms with E-state index in [0.29, 0.717) is 16.0 Å². The highest BCUT2D eigenvalue weighted by molar-refractivity contribution is 9.10. The van der Waals surface area contributed by atoms with Gasteiger partial charge >= 0.3 is 0 Å². The number of benzene rings is 1. The lowest BCUT2D eigenvalue weighted by Gasteiger charge is -2.06. The Balaban J connectivity index is 3.04. The van der Waals surface area contributed by atoms with Crippen LogP contribution in [0.5, 0.6) is 0 Å². The number of nitrogens with zero attached hydrogens (tertiary/aromatic N) is 1. The quantitative estimate of drug-likeness (QED) is 0.779. The smallest absolute Gasteiger partial charge is 0.100 e. The van der Waals surface area contributed by atoms with Gasteiger partial charge < -0.3 is 0 Å². The highest BCUT2D eigenvalue weighted by Gasteiger charge is 2.07. The maximum absolute atomic E-state index is 12.3. The van der Waals surface area contributed by atoms with Crippen molar-refractivity contribution in [1.82, 2.24) is 0 Å². The molecule has 0 aromatic heterocycles. The topological polar surface area (TPSA) is 23.8 Å². The van der Waals surface area contributed by atoms with Crippen molar-refractivity contribution in [2.45, 2.75) is 6.92 Å². The monoisotopic (exact) mass is 240 g/mol. The molecule has 1 rings (SSSR count). The lowest BCUT2D eigenvalue weighted by atomic mass is 10.0. The lowest BCUT2D eigenvalue weighted by molar-refractivity contribution is 0.516. The Hall–Kier alpha value is -0.880. The molecule has 0 aliphatic heterocycles. The summed E-state index contributed by atoms with van der Waals surface area (Å²) in [6.07, 6.45) is 0. The summed E-state index contributed by atoms with van der Waals surface area (Å²) in [5, 5.41) is 8.64. The second-order valence-electron chi connectivity index (χ2n) is 2.72. The molecule has 0 saturated heterocycles. The Bertz CT molecular complexity index is 343. The van der Waals surface area contributed by atoms with E-state index in [0.717, 1.165) is 5.56 Å². The van der Waals surface area contributed by atoms with E-state index in [1.54, 1.807) is 25.1 Å². The van der Waals surface area contributed by atoms with Crippen LogP contribution in [0.1, 0.15) is 18.1 Å². The van der Waals surface area contributed by atoms with Gasteiger partial charge in [-0.3, -0.25) is 4.39 Å². The van der Waals surface area contributed by atoms with Crippen LogP contribution in [0.2, 0.25) is 0 Å². The molecule has 1 nitrogen and oxygen atoms in total. The Kier molecular flexibility index (Phi) is 3.44. The van der Waals surface area contributed by atoms with Crippen molar-refractivity contribution < 1.29 is 4.39 Å². The Morgan fingerprint density at radius 2 is 2.31 bits per heavy atom. The van der Waals surface area contributed by atoms with Crippen LogP contribution in [0, 0.1) is 17.2 Å². The third-order valence-corrected chi connectivity index (χ3v) is 2.44. The molecule has 0 saturated carbocycles. The zero-order chi connectivity index (χ0) is 9.84. The van der Waals surface area contributed by atoms with E-state index in [1.165, 1.54) is 0 Å². The van der Waals surface area contributed by atoms with Crippen molar-refractivity contribution in [3.63, 3.8) is 0 Å². The zero-order valence-electron chi connectivity index (χ0n) is 7.14. The number of alkyl halides is 1. The first-order valence-corrected chi connectivity index (χ1v) is 4.56. The fourth-order valence-electron chi connectivity index (χ4n) is 0.948. The minimum Gasteiger partial charge on any atom is -0.250 e. The third-order valence-electron chi connectivity index (χ3n) is 1.78. The summed E-state index contributed by atoms with van der Waals surface area (Å²) >= 11 is 3.25. The lowest BCUT2D eigenvalue weighted by Crippen LogP contribution is -1.96. The van der Waals surface area contributed by atoms with E-state index < -0.39 is 6.67 Å². The van der Waals surface area contributed by atoms with E-state index in [4.69, 9.17) is 5.26 Å². The van der Waals surface area contributed by atoms with Gasteiger partial charge in [0.15, 0.2) is 0 Å². The van der Waals surface area contributed by atoms with Gasteiger partial charge in [0.1, 0.15) is 6.07 Å². The van der Waals surface area contributed by atoms with Gasteiger partial charge in [0.25, 0.3) is 0 Å². The molecule has 0 aliphatic rings. The Morgan fingerprint density at radius 1 is 1.62 bits per heavy atom. The standard InChI is InChI=1S/C10H8BrFN/c1-7(5-12)8-2-3-9(6-13)10(11)4-8/h2-4H,5H2,1H3. The first-order valence-electron chi connectivity index (χ1n) is 3.77. The van der Waals surface area contributed by atoms with Crippen LogP contribution in [0.3, 0.4) is 0 Å². The van der Waals surface area contributed by atoms with Gasteiger partial charge in [-0.25, -0.2) is 0 Å². The highest BCUT2D eigenvalue weighted by atomic mass is 79.9. The van der Waals surface area contributed by atoms with E-state index in [9.17, 15) is 4.39 Å². The van der Waals surface area contributed by atoms with Crippen LogP contribution in [0.4, 0.5) is 4.39 Å². The predicted octanol–water partition coefficient (Wildman–Crippen LogP) is 3.23. The average molecular weight is 241 g/mol. The maximum Gasteiger partial charge on any atom is 0.100 e. The number of hydrogen-bond donors (Lipinski definition) is 0. The number of halogens is 2. The van der Waals surface area contributed by atoms with Crippen LogP contribution < -0.4 is 0 Å². The normalized spacial score (nSPS) is 10.1. The highest BCUT2D eigenvalue weighted by Crippen LogP contribution is 2.22. The maximum atomic E-state index is 12.3. The molecule has 0 fully saturated rings. The van der Waals surface area contributed by atoms with E-state index >= 15 is 0 Å². The summed E-state index contributed by atoms with van der Waals surface area (Å²) < 4.78 is 13.0. The number of nitriles is 1. The van der Waals surface area contributed by atoms with Crippen molar-refractivity contribution >= 4 is 15.9 Å². The van der Waals surface area contributed by atoms with Crippen molar-refractivity contribution in [2.24, 2.45) is 0 Å². The van der Waals surface area contributed by atoms with E-state index in [2.05, 4.69) is 15.9 Å². The SMILES string of the molecule is C[C](CF)c1ccc(C#N)c(Br)c1. The second kappa shape index (κ2) is 4.38. The summed E-state index contributed by atoms with van der Waals surface area (Å²) in [5.41, 5.74) is 1.39. The van der Waals surface area contributed by atoms with Crippen molar-refractivity contribution in [3.05, 3.63) is 39.7 Å². The van der Waals surface area contributed by atoms with Crippen molar-refractivity contribution in [1.29, 1.82) is 5.26 Å². The van der Waals surface area contributed by atoms with Crippen molar-refractivity contribution in [3.8, 4) is 6.07 Å². The first-order chi connectivity index (χ1) is 6.19.